The number of nitrogens with zero attached hydrogens (tertiary/aromatic N) is 1. The van der Waals surface area contributed by atoms with Crippen LogP contribution in [0.4, 0.5) is 5.69 Å². The predicted octanol–water partition coefficient (Wildman–Crippen LogP) is 3.09. The molecule has 0 unspecified atom stereocenters. The Kier molecular flexibility index (Phi) is 2.08. The van der Waals surface area contributed by atoms with Crippen molar-refractivity contribution in [1.29, 1.82) is 0 Å². The highest BCUT2D eigenvalue weighted by Crippen LogP contribution is 2.30. The zero-order valence-electron chi connectivity index (χ0n) is 8.13. The maximum Gasteiger partial charge on any atom is 0.0948 e. The number of fused-ring (bicyclic) bond motifs is 1. The number of nitrogens with two attached hydrogens (primary N) is 1. The van der Waals surface area contributed by atoms with Gasteiger partial charge in [0.2, 0.25) is 0 Å². The van der Waals surface area contributed by atoms with Crippen molar-refractivity contribution in [3.05, 3.63) is 34.5 Å². The molecule has 2 aromatic rings. The standard InChI is InChI=1S/C11H11ClN2/c1-6-3-4-8(13)11-9(6)10(12)7(2)5-14-11/h3-5H,13H2,1-2H3. The number of aromatic nitrogens is 1. The molecule has 0 atom stereocenters. The molecular weight excluding hydrogens is 196 g/mol. The van der Waals surface area contributed by atoms with Crippen LogP contribution in [-0.4, -0.2) is 4.98 Å². The first-order chi connectivity index (χ1) is 6.61. The second-order valence-electron chi connectivity index (χ2n) is 3.45. The van der Waals surface area contributed by atoms with Crippen LogP contribution in [0, 0.1) is 13.8 Å². The van der Waals surface area contributed by atoms with Gasteiger partial charge in [-0.1, -0.05) is 17.7 Å². The molecule has 72 valence electrons. The molecule has 0 saturated carbocycles. The lowest BCUT2D eigenvalue weighted by atomic mass is 10.1. The fourth-order valence-corrected chi connectivity index (χ4v) is 1.83. The molecular formula is C11H11ClN2. The zero-order chi connectivity index (χ0) is 10.3. The molecule has 0 spiro atoms. The minimum absolute atomic E-state index is 0.674. The Morgan fingerprint density at radius 1 is 1.21 bits per heavy atom. The average molecular weight is 207 g/mol. The summed E-state index contributed by atoms with van der Waals surface area (Å²) >= 11 is 6.21. The van der Waals surface area contributed by atoms with Crippen molar-refractivity contribution < 1.29 is 0 Å². The topological polar surface area (TPSA) is 38.9 Å². The summed E-state index contributed by atoms with van der Waals surface area (Å²) in [5.41, 5.74) is 9.38. The second-order valence-corrected chi connectivity index (χ2v) is 3.83. The van der Waals surface area contributed by atoms with Gasteiger partial charge in [-0.2, -0.15) is 0 Å². The number of hydrogen-bond donors (Lipinski definition) is 1. The Labute approximate surface area is 87.7 Å². The van der Waals surface area contributed by atoms with E-state index in [2.05, 4.69) is 4.98 Å². The van der Waals surface area contributed by atoms with Crippen molar-refractivity contribution >= 4 is 28.2 Å². The first-order valence-electron chi connectivity index (χ1n) is 4.41. The van der Waals surface area contributed by atoms with E-state index in [9.17, 15) is 0 Å². The number of hydrogen-bond acceptors (Lipinski definition) is 2. The van der Waals surface area contributed by atoms with Crippen molar-refractivity contribution in [2.75, 3.05) is 5.73 Å². The smallest absolute Gasteiger partial charge is 0.0948 e. The SMILES string of the molecule is Cc1cnc2c(N)ccc(C)c2c1Cl. The molecule has 2 rings (SSSR count). The highest BCUT2D eigenvalue weighted by Gasteiger charge is 2.08. The van der Waals surface area contributed by atoms with E-state index in [0.717, 1.165) is 27.1 Å². The van der Waals surface area contributed by atoms with Gasteiger partial charge >= 0.3 is 0 Å². The van der Waals surface area contributed by atoms with Crippen LogP contribution in [0.25, 0.3) is 10.9 Å². The average Bonchev–Trinajstić information content (AvgIpc) is 2.16. The van der Waals surface area contributed by atoms with Crippen LogP contribution in [0.15, 0.2) is 18.3 Å². The number of anilines is 1. The molecule has 0 bridgehead atoms. The maximum atomic E-state index is 6.21. The van der Waals surface area contributed by atoms with E-state index in [1.165, 1.54) is 0 Å². The van der Waals surface area contributed by atoms with Crippen molar-refractivity contribution in [2.45, 2.75) is 13.8 Å². The van der Waals surface area contributed by atoms with E-state index >= 15 is 0 Å². The van der Waals surface area contributed by atoms with Gasteiger partial charge in [0, 0.05) is 11.6 Å². The van der Waals surface area contributed by atoms with E-state index in [1.807, 2.05) is 26.0 Å². The van der Waals surface area contributed by atoms with E-state index in [0.29, 0.717) is 5.69 Å². The minimum Gasteiger partial charge on any atom is -0.397 e. The number of nitrogen functional groups attached to an aromatic ring is 1. The van der Waals surface area contributed by atoms with Crippen molar-refractivity contribution in [3.63, 3.8) is 0 Å². The van der Waals surface area contributed by atoms with Crippen molar-refractivity contribution in [2.24, 2.45) is 0 Å². The number of pyridine rings is 1. The van der Waals surface area contributed by atoms with Crippen LogP contribution in [0.1, 0.15) is 11.1 Å². The number of benzene rings is 1. The number of halogens is 1. The molecule has 0 saturated heterocycles. The van der Waals surface area contributed by atoms with Crippen LogP contribution < -0.4 is 5.73 Å². The normalized spacial score (nSPS) is 10.8. The van der Waals surface area contributed by atoms with Crippen LogP contribution in [0.2, 0.25) is 5.02 Å². The molecule has 3 heteroatoms. The summed E-state index contributed by atoms with van der Waals surface area (Å²) in [4.78, 5) is 4.29. The third-order valence-corrected chi connectivity index (χ3v) is 2.86. The van der Waals surface area contributed by atoms with Gasteiger partial charge in [-0.05, 0) is 31.0 Å². The Balaban J connectivity index is 3.01. The quantitative estimate of drug-likeness (QED) is 0.673. The highest BCUT2D eigenvalue weighted by atomic mass is 35.5. The van der Waals surface area contributed by atoms with E-state index in [4.69, 9.17) is 17.3 Å². The molecule has 0 aliphatic carbocycles. The monoisotopic (exact) mass is 206 g/mol. The van der Waals surface area contributed by atoms with Crippen LogP contribution >= 0.6 is 11.6 Å². The molecule has 1 aromatic carbocycles. The molecule has 14 heavy (non-hydrogen) atoms. The summed E-state index contributed by atoms with van der Waals surface area (Å²) in [6.45, 7) is 3.95. The molecule has 1 aromatic heterocycles. The van der Waals surface area contributed by atoms with Gasteiger partial charge in [-0.3, -0.25) is 4.98 Å². The molecule has 0 radical (unpaired) electrons. The lowest BCUT2D eigenvalue weighted by Crippen LogP contribution is -1.93. The van der Waals surface area contributed by atoms with Gasteiger partial charge in [-0.25, -0.2) is 0 Å². The van der Waals surface area contributed by atoms with Gasteiger partial charge in [0.1, 0.15) is 0 Å². The fourth-order valence-electron chi connectivity index (χ4n) is 1.54. The lowest BCUT2D eigenvalue weighted by molar-refractivity contribution is 1.32. The molecule has 0 aliphatic heterocycles. The number of aryl methyl sites for hydroxylation is 2. The van der Waals surface area contributed by atoms with Gasteiger partial charge in [0.05, 0.1) is 16.2 Å². The van der Waals surface area contributed by atoms with Crippen LogP contribution in [0.5, 0.6) is 0 Å². The first kappa shape index (κ1) is 9.28. The minimum atomic E-state index is 0.674. The summed E-state index contributed by atoms with van der Waals surface area (Å²) in [6.07, 6.45) is 1.75. The van der Waals surface area contributed by atoms with E-state index in [1.54, 1.807) is 6.20 Å². The zero-order valence-corrected chi connectivity index (χ0v) is 8.89. The largest absolute Gasteiger partial charge is 0.397 e. The third-order valence-electron chi connectivity index (χ3n) is 2.37. The summed E-state index contributed by atoms with van der Waals surface area (Å²) in [5.74, 6) is 0. The van der Waals surface area contributed by atoms with Gasteiger partial charge in [-0.15, -0.1) is 0 Å². The Bertz CT molecular complexity index is 506. The molecule has 1 heterocycles. The van der Waals surface area contributed by atoms with Gasteiger partial charge < -0.3 is 5.73 Å². The lowest BCUT2D eigenvalue weighted by Gasteiger charge is -2.07. The highest BCUT2D eigenvalue weighted by molar-refractivity contribution is 6.36. The summed E-state index contributed by atoms with van der Waals surface area (Å²) < 4.78 is 0. The van der Waals surface area contributed by atoms with Crippen LogP contribution in [0.3, 0.4) is 0 Å². The van der Waals surface area contributed by atoms with E-state index in [-0.39, 0.29) is 0 Å². The third kappa shape index (κ3) is 1.23. The summed E-state index contributed by atoms with van der Waals surface area (Å²) in [7, 11) is 0. The first-order valence-corrected chi connectivity index (χ1v) is 4.79. The van der Waals surface area contributed by atoms with Crippen molar-refractivity contribution in [1.82, 2.24) is 4.98 Å². The molecule has 0 fully saturated rings. The Hall–Kier alpha value is -1.28. The maximum absolute atomic E-state index is 6.21. The number of rotatable bonds is 0. The second kappa shape index (κ2) is 3.14. The molecule has 0 aliphatic rings. The Morgan fingerprint density at radius 2 is 1.93 bits per heavy atom. The predicted molar refractivity (Wildman–Crippen MR) is 60.6 cm³/mol. The molecule has 0 amide bonds. The van der Waals surface area contributed by atoms with Crippen LogP contribution in [-0.2, 0) is 0 Å². The fraction of sp³-hybridized carbons (Fsp3) is 0.182. The van der Waals surface area contributed by atoms with Gasteiger partial charge in [0.25, 0.3) is 0 Å². The molecule has 2 nitrogen and oxygen atoms in total. The molecule has 2 N–H and O–H groups in total. The van der Waals surface area contributed by atoms with Crippen molar-refractivity contribution in [3.8, 4) is 0 Å². The Morgan fingerprint density at radius 3 is 2.64 bits per heavy atom. The summed E-state index contributed by atoms with van der Waals surface area (Å²) in [6, 6.07) is 3.82. The van der Waals surface area contributed by atoms with E-state index < -0.39 is 0 Å². The van der Waals surface area contributed by atoms with Gasteiger partial charge in [0.15, 0.2) is 0 Å². The summed E-state index contributed by atoms with van der Waals surface area (Å²) in [5, 5.41) is 1.71.